The lowest BCUT2D eigenvalue weighted by Gasteiger charge is -2.41. The van der Waals surface area contributed by atoms with Gasteiger partial charge in [0.05, 0.1) is 6.10 Å². The third-order valence-corrected chi connectivity index (χ3v) is 8.88. The average Bonchev–Trinajstić information content (AvgIpc) is 3.16. The molecule has 2 aliphatic heterocycles. The zero-order valence-electron chi connectivity index (χ0n) is 13.5. The normalized spacial score (nSPS) is 41.3. The third-order valence-electron chi connectivity index (χ3n) is 6.08. The SMILES string of the molecule is OC(CN1CCS[C@@H]2CCC[C@H]21)CN1CCS[C@@H]2CCC[C@@H]21. The molecule has 5 heteroatoms. The van der Waals surface area contributed by atoms with E-state index in [1.54, 1.807) is 0 Å². The van der Waals surface area contributed by atoms with Crippen LogP contribution in [0.1, 0.15) is 38.5 Å². The molecule has 0 radical (unpaired) electrons. The maximum atomic E-state index is 10.7. The summed E-state index contributed by atoms with van der Waals surface area (Å²) in [7, 11) is 0. The van der Waals surface area contributed by atoms with Gasteiger partial charge in [-0.2, -0.15) is 23.5 Å². The molecule has 0 spiro atoms. The van der Waals surface area contributed by atoms with Crippen molar-refractivity contribution in [3.8, 4) is 0 Å². The highest BCUT2D eigenvalue weighted by atomic mass is 32.2. The van der Waals surface area contributed by atoms with Crippen LogP contribution in [0.25, 0.3) is 0 Å². The summed E-state index contributed by atoms with van der Waals surface area (Å²) in [6.07, 6.45) is 8.13. The summed E-state index contributed by atoms with van der Waals surface area (Å²) in [5.41, 5.74) is 0. The fourth-order valence-corrected chi connectivity index (χ4v) is 8.08. The zero-order valence-corrected chi connectivity index (χ0v) is 15.2. The topological polar surface area (TPSA) is 26.7 Å². The molecule has 4 fully saturated rings. The Bertz CT molecular complexity index is 350. The van der Waals surface area contributed by atoms with Crippen molar-refractivity contribution in [3.63, 3.8) is 0 Å². The highest BCUT2D eigenvalue weighted by molar-refractivity contribution is 8.00. The third kappa shape index (κ3) is 3.34. The summed E-state index contributed by atoms with van der Waals surface area (Å²) in [6, 6.07) is 1.51. The van der Waals surface area contributed by atoms with Crippen molar-refractivity contribution >= 4 is 23.5 Å². The molecule has 2 saturated carbocycles. The van der Waals surface area contributed by atoms with Crippen LogP contribution in [0.4, 0.5) is 0 Å². The maximum Gasteiger partial charge on any atom is 0.0794 e. The first-order chi connectivity index (χ1) is 10.8. The second-order valence-electron chi connectivity index (χ2n) is 7.46. The van der Waals surface area contributed by atoms with Crippen LogP contribution in [0.2, 0.25) is 0 Å². The lowest BCUT2D eigenvalue weighted by molar-refractivity contribution is 0.0486. The number of hydrogen-bond acceptors (Lipinski definition) is 5. The largest absolute Gasteiger partial charge is 0.390 e. The number of thioether (sulfide) groups is 2. The van der Waals surface area contributed by atoms with Gasteiger partial charge in [0.25, 0.3) is 0 Å². The lowest BCUT2D eigenvalue weighted by Crippen LogP contribution is -2.52. The molecule has 4 rings (SSSR count). The van der Waals surface area contributed by atoms with Gasteiger partial charge in [-0.15, -0.1) is 0 Å². The Labute approximate surface area is 143 Å². The molecular formula is C17H30N2OS2. The Morgan fingerprint density at radius 1 is 0.818 bits per heavy atom. The Kier molecular flexibility index (Phi) is 5.27. The predicted octanol–water partition coefficient (Wildman–Crippen LogP) is 2.29. The molecule has 0 aromatic heterocycles. The van der Waals surface area contributed by atoms with E-state index in [2.05, 4.69) is 33.3 Å². The van der Waals surface area contributed by atoms with Gasteiger partial charge in [-0.05, 0) is 25.7 Å². The molecule has 0 aromatic rings. The van der Waals surface area contributed by atoms with E-state index in [1.807, 2.05) is 0 Å². The van der Waals surface area contributed by atoms with Crippen LogP contribution in [0.3, 0.4) is 0 Å². The van der Waals surface area contributed by atoms with Gasteiger partial charge in [0.2, 0.25) is 0 Å². The van der Waals surface area contributed by atoms with E-state index in [1.165, 1.54) is 63.1 Å². The highest BCUT2D eigenvalue weighted by Crippen LogP contribution is 2.38. The Balaban J connectivity index is 1.31. The molecule has 2 saturated heterocycles. The van der Waals surface area contributed by atoms with Gasteiger partial charge in [-0.25, -0.2) is 0 Å². The van der Waals surface area contributed by atoms with E-state index in [-0.39, 0.29) is 6.10 Å². The monoisotopic (exact) mass is 342 g/mol. The Morgan fingerprint density at radius 2 is 1.32 bits per heavy atom. The second kappa shape index (κ2) is 7.22. The first-order valence-corrected chi connectivity index (χ1v) is 11.3. The minimum absolute atomic E-state index is 0.159. The molecule has 4 aliphatic rings. The molecule has 5 atom stereocenters. The first-order valence-electron chi connectivity index (χ1n) is 9.20. The molecule has 22 heavy (non-hydrogen) atoms. The van der Waals surface area contributed by atoms with Crippen LogP contribution >= 0.6 is 23.5 Å². The number of aliphatic hydroxyl groups excluding tert-OH is 1. The number of fused-ring (bicyclic) bond motifs is 2. The van der Waals surface area contributed by atoms with Gasteiger partial charge < -0.3 is 5.11 Å². The van der Waals surface area contributed by atoms with Crippen LogP contribution in [0.15, 0.2) is 0 Å². The Hall–Kier alpha value is 0.580. The van der Waals surface area contributed by atoms with Crippen LogP contribution in [-0.2, 0) is 0 Å². The number of aliphatic hydroxyl groups is 1. The van der Waals surface area contributed by atoms with Crippen molar-refractivity contribution in [2.75, 3.05) is 37.7 Å². The lowest BCUT2D eigenvalue weighted by atomic mass is 10.1. The van der Waals surface area contributed by atoms with E-state index in [9.17, 15) is 5.11 Å². The average molecular weight is 343 g/mol. The van der Waals surface area contributed by atoms with Crippen molar-refractivity contribution in [1.29, 1.82) is 0 Å². The van der Waals surface area contributed by atoms with Gasteiger partial charge in [0.1, 0.15) is 0 Å². The fourth-order valence-electron chi connectivity index (χ4n) is 5.06. The van der Waals surface area contributed by atoms with E-state index >= 15 is 0 Å². The minimum atomic E-state index is -0.159. The van der Waals surface area contributed by atoms with Gasteiger partial charge in [-0.1, -0.05) is 12.8 Å². The van der Waals surface area contributed by atoms with E-state index in [4.69, 9.17) is 0 Å². The van der Waals surface area contributed by atoms with Gasteiger partial charge in [0.15, 0.2) is 0 Å². The van der Waals surface area contributed by atoms with Gasteiger partial charge in [-0.3, -0.25) is 9.80 Å². The summed E-state index contributed by atoms with van der Waals surface area (Å²) in [4.78, 5) is 5.23. The molecule has 1 N–H and O–H groups in total. The highest BCUT2D eigenvalue weighted by Gasteiger charge is 2.38. The molecule has 1 unspecified atom stereocenters. The fraction of sp³-hybridized carbons (Fsp3) is 1.00. The molecule has 0 bridgehead atoms. The van der Waals surface area contributed by atoms with Gasteiger partial charge >= 0.3 is 0 Å². The molecule has 0 aromatic carbocycles. The van der Waals surface area contributed by atoms with Crippen molar-refractivity contribution in [2.24, 2.45) is 0 Å². The number of β-amino-alcohol motifs (C(OH)–C–C–N with tert-alkyl or cyclic N) is 1. The molecule has 3 nitrogen and oxygen atoms in total. The molecule has 0 amide bonds. The number of nitrogens with zero attached hydrogens (tertiary/aromatic N) is 2. The van der Waals surface area contributed by atoms with Crippen molar-refractivity contribution in [3.05, 3.63) is 0 Å². The molecule has 126 valence electrons. The summed E-state index contributed by atoms with van der Waals surface area (Å²) < 4.78 is 0. The van der Waals surface area contributed by atoms with E-state index in [0.717, 1.165) is 35.7 Å². The predicted molar refractivity (Wildman–Crippen MR) is 96.9 cm³/mol. The summed E-state index contributed by atoms with van der Waals surface area (Å²) in [6.45, 7) is 4.18. The number of hydrogen-bond donors (Lipinski definition) is 1. The summed E-state index contributed by atoms with van der Waals surface area (Å²) >= 11 is 4.35. The van der Waals surface area contributed by atoms with Crippen LogP contribution in [0.5, 0.6) is 0 Å². The standard InChI is InChI=1S/C17H30N2OS2/c20-13(11-18-7-9-21-16-5-1-3-14(16)18)12-19-8-10-22-17-6-2-4-15(17)19/h13-17,20H,1-12H2/t13?,14-,15+,16-,17-/m1/s1. The smallest absolute Gasteiger partial charge is 0.0794 e. The van der Waals surface area contributed by atoms with Crippen LogP contribution < -0.4 is 0 Å². The quantitative estimate of drug-likeness (QED) is 0.846. The second-order valence-corrected chi connectivity index (χ2v) is 10.2. The van der Waals surface area contributed by atoms with E-state index < -0.39 is 0 Å². The van der Waals surface area contributed by atoms with Crippen LogP contribution in [-0.4, -0.2) is 81.3 Å². The van der Waals surface area contributed by atoms with Crippen molar-refractivity contribution < 1.29 is 5.11 Å². The van der Waals surface area contributed by atoms with Crippen molar-refractivity contribution in [2.45, 2.75) is 67.2 Å². The number of rotatable bonds is 4. The first kappa shape index (κ1) is 16.1. The molecule has 2 aliphatic carbocycles. The maximum absolute atomic E-state index is 10.7. The van der Waals surface area contributed by atoms with Crippen molar-refractivity contribution in [1.82, 2.24) is 9.80 Å². The minimum Gasteiger partial charge on any atom is -0.390 e. The van der Waals surface area contributed by atoms with Crippen LogP contribution in [0, 0.1) is 0 Å². The summed E-state index contributed by atoms with van der Waals surface area (Å²) in [5, 5.41) is 12.4. The Morgan fingerprint density at radius 3 is 1.82 bits per heavy atom. The van der Waals surface area contributed by atoms with Gasteiger partial charge in [0, 0.05) is 60.3 Å². The van der Waals surface area contributed by atoms with E-state index in [0.29, 0.717) is 0 Å². The molecular weight excluding hydrogens is 312 g/mol. The molecule has 2 heterocycles. The summed E-state index contributed by atoms with van der Waals surface area (Å²) in [5.74, 6) is 2.53. The zero-order chi connectivity index (χ0) is 14.9.